The Morgan fingerprint density at radius 1 is 1.47 bits per heavy atom. The fourth-order valence-corrected chi connectivity index (χ4v) is 2.57. The van der Waals surface area contributed by atoms with E-state index in [4.69, 9.17) is 4.74 Å². The molecule has 0 spiro atoms. The monoisotopic (exact) mass is 269 g/mol. The van der Waals surface area contributed by atoms with Crippen LogP contribution in [0.15, 0.2) is 22.7 Å². The maximum Gasteiger partial charge on any atom is 0.123 e. The molecule has 1 aliphatic heterocycles. The predicted molar refractivity (Wildman–Crippen MR) is 65.4 cm³/mol. The molecule has 0 bridgehead atoms. The van der Waals surface area contributed by atoms with Crippen molar-refractivity contribution in [3.8, 4) is 5.75 Å². The highest BCUT2D eigenvalue weighted by Gasteiger charge is 2.21. The SMILES string of the molecule is CN(C)CC1COc2cccc(Br)c2C1. The van der Waals surface area contributed by atoms with Gasteiger partial charge in [-0.25, -0.2) is 0 Å². The Morgan fingerprint density at radius 3 is 3.00 bits per heavy atom. The van der Waals surface area contributed by atoms with E-state index < -0.39 is 0 Å². The summed E-state index contributed by atoms with van der Waals surface area (Å²) < 4.78 is 6.93. The highest BCUT2D eigenvalue weighted by atomic mass is 79.9. The third-order valence-electron chi connectivity index (χ3n) is 2.67. The van der Waals surface area contributed by atoms with Gasteiger partial charge in [-0.3, -0.25) is 0 Å². The Labute approximate surface area is 99.4 Å². The molecule has 1 heterocycles. The van der Waals surface area contributed by atoms with Gasteiger partial charge < -0.3 is 9.64 Å². The van der Waals surface area contributed by atoms with Gasteiger partial charge in [-0.05, 0) is 32.6 Å². The first kappa shape index (κ1) is 11.0. The van der Waals surface area contributed by atoms with Gasteiger partial charge in [-0.2, -0.15) is 0 Å². The first-order valence-corrected chi connectivity index (χ1v) is 6.01. The van der Waals surface area contributed by atoms with Gasteiger partial charge in [0.1, 0.15) is 5.75 Å². The van der Waals surface area contributed by atoms with Crippen LogP contribution in [0.25, 0.3) is 0 Å². The van der Waals surface area contributed by atoms with E-state index in [1.54, 1.807) is 0 Å². The summed E-state index contributed by atoms with van der Waals surface area (Å²) in [4.78, 5) is 2.22. The standard InChI is InChI=1S/C12H16BrNO/c1-14(2)7-9-6-10-11(13)4-3-5-12(10)15-8-9/h3-5,9H,6-8H2,1-2H3. The first-order chi connectivity index (χ1) is 7.16. The number of halogens is 1. The fourth-order valence-electron chi connectivity index (χ4n) is 2.06. The lowest BCUT2D eigenvalue weighted by Crippen LogP contribution is -2.30. The molecule has 1 aromatic rings. The molecule has 1 unspecified atom stereocenters. The van der Waals surface area contributed by atoms with Gasteiger partial charge in [0, 0.05) is 22.5 Å². The summed E-state index contributed by atoms with van der Waals surface area (Å²) >= 11 is 3.58. The van der Waals surface area contributed by atoms with E-state index in [0.29, 0.717) is 5.92 Å². The van der Waals surface area contributed by atoms with Gasteiger partial charge in [-0.1, -0.05) is 22.0 Å². The number of benzene rings is 1. The highest BCUT2D eigenvalue weighted by Crippen LogP contribution is 2.33. The van der Waals surface area contributed by atoms with Gasteiger partial charge in [-0.15, -0.1) is 0 Å². The quantitative estimate of drug-likeness (QED) is 0.819. The number of ether oxygens (including phenoxy) is 1. The Kier molecular flexibility index (Phi) is 3.32. The van der Waals surface area contributed by atoms with Crippen molar-refractivity contribution in [3.05, 3.63) is 28.2 Å². The van der Waals surface area contributed by atoms with Crippen LogP contribution in [0.4, 0.5) is 0 Å². The summed E-state index contributed by atoms with van der Waals surface area (Å²) in [6.45, 7) is 1.92. The molecule has 3 heteroatoms. The molecule has 0 fully saturated rings. The molecule has 2 rings (SSSR count). The summed E-state index contributed by atoms with van der Waals surface area (Å²) in [7, 11) is 4.21. The fraction of sp³-hybridized carbons (Fsp3) is 0.500. The number of rotatable bonds is 2. The molecule has 0 aromatic heterocycles. The van der Waals surface area contributed by atoms with Crippen molar-refractivity contribution < 1.29 is 4.74 Å². The lowest BCUT2D eigenvalue weighted by Gasteiger charge is -2.28. The molecule has 0 amide bonds. The molecule has 0 N–H and O–H groups in total. The zero-order valence-corrected chi connectivity index (χ0v) is 10.8. The maximum atomic E-state index is 5.76. The average Bonchev–Trinajstić information content (AvgIpc) is 2.18. The second kappa shape index (κ2) is 4.54. The number of hydrogen-bond donors (Lipinski definition) is 0. The van der Waals surface area contributed by atoms with Crippen molar-refractivity contribution in [2.24, 2.45) is 5.92 Å². The number of fused-ring (bicyclic) bond motifs is 1. The molecule has 0 aliphatic carbocycles. The van der Waals surface area contributed by atoms with Gasteiger partial charge in [0.15, 0.2) is 0 Å². The van der Waals surface area contributed by atoms with Crippen molar-refractivity contribution in [1.82, 2.24) is 4.90 Å². The van der Waals surface area contributed by atoms with Crippen molar-refractivity contribution in [2.75, 3.05) is 27.2 Å². The molecule has 1 aliphatic rings. The zero-order chi connectivity index (χ0) is 10.8. The van der Waals surface area contributed by atoms with Gasteiger partial charge >= 0.3 is 0 Å². The molecule has 15 heavy (non-hydrogen) atoms. The lowest BCUT2D eigenvalue weighted by molar-refractivity contribution is 0.188. The second-order valence-electron chi connectivity index (χ2n) is 4.36. The van der Waals surface area contributed by atoms with Crippen LogP contribution in [0.2, 0.25) is 0 Å². The summed E-state index contributed by atoms with van der Waals surface area (Å²) in [5.74, 6) is 1.64. The van der Waals surface area contributed by atoms with Crippen LogP contribution in [0.3, 0.4) is 0 Å². The van der Waals surface area contributed by atoms with Crippen LogP contribution in [0.5, 0.6) is 5.75 Å². The van der Waals surface area contributed by atoms with Crippen molar-refractivity contribution >= 4 is 15.9 Å². The van der Waals surface area contributed by atoms with Crippen LogP contribution >= 0.6 is 15.9 Å². The Hall–Kier alpha value is -0.540. The molecule has 0 saturated carbocycles. The normalized spacial score (nSPS) is 19.9. The molecular weight excluding hydrogens is 254 g/mol. The van der Waals surface area contributed by atoms with Crippen molar-refractivity contribution in [2.45, 2.75) is 6.42 Å². The smallest absolute Gasteiger partial charge is 0.123 e. The largest absolute Gasteiger partial charge is 0.493 e. The summed E-state index contributed by atoms with van der Waals surface area (Å²) in [5, 5.41) is 0. The van der Waals surface area contributed by atoms with E-state index in [1.807, 2.05) is 12.1 Å². The third kappa shape index (κ3) is 2.52. The van der Waals surface area contributed by atoms with Gasteiger partial charge in [0.25, 0.3) is 0 Å². The van der Waals surface area contributed by atoms with Crippen LogP contribution in [-0.2, 0) is 6.42 Å². The maximum absolute atomic E-state index is 5.76. The molecular formula is C12H16BrNO. The van der Waals surface area contributed by atoms with E-state index in [0.717, 1.165) is 25.3 Å². The van der Waals surface area contributed by atoms with Crippen LogP contribution in [0.1, 0.15) is 5.56 Å². The molecule has 0 saturated heterocycles. The van der Waals surface area contributed by atoms with Gasteiger partial charge in [0.05, 0.1) is 6.61 Å². The highest BCUT2D eigenvalue weighted by molar-refractivity contribution is 9.10. The number of nitrogens with zero attached hydrogens (tertiary/aromatic N) is 1. The summed E-state index contributed by atoms with van der Waals surface area (Å²) in [5.41, 5.74) is 1.32. The van der Waals surface area contributed by atoms with E-state index in [-0.39, 0.29) is 0 Å². The van der Waals surface area contributed by atoms with Crippen LogP contribution < -0.4 is 4.74 Å². The van der Waals surface area contributed by atoms with Crippen LogP contribution in [-0.4, -0.2) is 32.1 Å². The molecule has 1 aromatic carbocycles. The van der Waals surface area contributed by atoms with E-state index in [9.17, 15) is 0 Å². The minimum Gasteiger partial charge on any atom is -0.493 e. The molecule has 1 atom stereocenters. The molecule has 82 valence electrons. The van der Waals surface area contributed by atoms with E-state index >= 15 is 0 Å². The first-order valence-electron chi connectivity index (χ1n) is 5.21. The Bertz CT molecular complexity index is 351. The summed E-state index contributed by atoms with van der Waals surface area (Å²) in [6, 6.07) is 6.15. The lowest BCUT2D eigenvalue weighted by atomic mass is 9.96. The van der Waals surface area contributed by atoms with E-state index in [2.05, 4.69) is 41.0 Å². The minimum absolute atomic E-state index is 0.603. The van der Waals surface area contributed by atoms with Crippen molar-refractivity contribution in [3.63, 3.8) is 0 Å². The average molecular weight is 270 g/mol. The Morgan fingerprint density at radius 2 is 2.27 bits per heavy atom. The minimum atomic E-state index is 0.603. The topological polar surface area (TPSA) is 12.5 Å². The van der Waals surface area contributed by atoms with Gasteiger partial charge in [0.2, 0.25) is 0 Å². The van der Waals surface area contributed by atoms with E-state index in [1.165, 1.54) is 10.0 Å². The van der Waals surface area contributed by atoms with Crippen LogP contribution in [0, 0.1) is 5.92 Å². The zero-order valence-electron chi connectivity index (χ0n) is 9.16. The van der Waals surface area contributed by atoms with Crippen molar-refractivity contribution in [1.29, 1.82) is 0 Å². The second-order valence-corrected chi connectivity index (χ2v) is 5.21. The Balaban J connectivity index is 2.15. The third-order valence-corrected chi connectivity index (χ3v) is 3.41. The summed E-state index contributed by atoms with van der Waals surface area (Å²) in [6.07, 6.45) is 1.11. The molecule has 0 radical (unpaired) electrons. The predicted octanol–water partition coefficient (Wildman–Crippen LogP) is 2.56. The molecule has 2 nitrogen and oxygen atoms in total. The number of hydrogen-bond acceptors (Lipinski definition) is 2.